The Labute approximate surface area is 144 Å². The summed E-state index contributed by atoms with van der Waals surface area (Å²) in [5, 5.41) is 1.65. The van der Waals surface area contributed by atoms with Crippen LogP contribution in [0.2, 0.25) is 0 Å². The molecule has 0 N–H and O–H groups in total. The van der Waals surface area contributed by atoms with E-state index in [4.69, 9.17) is 9.47 Å². The molecule has 1 aromatic carbocycles. The molecule has 0 aliphatic carbocycles. The molecular formula is C15H17NO6S2. The second-order valence-corrected chi connectivity index (χ2v) is 7.60. The van der Waals surface area contributed by atoms with E-state index >= 15 is 0 Å². The zero-order valence-electron chi connectivity index (χ0n) is 13.4. The lowest BCUT2D eigenvalue weighted by Crippen LogP contribution is -2.36. The molecule has 0 aliphatic heterocycles. The average Bonchev–Trinajstić information content (AvgIpc) is 3.14. The van der Waals surface area contributed by atoms with Gasteiger partial charge in [-0.15, -0.1) is 11.3 Å². The van der Waals surface area contributed by atoms with E-state index in [1.165, 1.54) is 39.5 Å². The lowest BCUT2D eigenvalue weighted by molar-refractivity contribution is -0.138. The minimum atomic E-state index is -3.91. The van der Waals surface area contributed by atoms with Gasteiger partial charge in [0.05, 0.1) is 27.0 Å². The highest BCUT2D eigenvalue weighted by atomic mass is 32.2. The molecule has 0 saturated carbocycles. The molecule has 7 nitrogen and oxygen atoms in total. The van der Waals surface area contributed by atoms with Crippen LogP contribution in [-0.4, -0.2) is 42.3 Å². The maximum absolute atomic E-state index is 12.9. The number of ether oxygens (including phenoxy) is 3. The van der Waals surface area contributed by atoms with Crippen LogP contribution in [0.15, 0.2) is 39.9 Å². The van der Waals surface area contributed by atoms with Gasteiger partial charge < -0.3 is 14.2 Å². The van der Waals surface area contributed by atoms with Crippen LogP contribution in [0.3, 0.4) is 0 Å². The first kappa shape index (κ1) is 18.1. The zero-order valence-corrected chi connectivity index (χ0v) is 15.0. The molecule has 1 aromatic heterocycles. The van der Waals surface area contributed by atoms with E-state index in [1.807, 2.05) is 0 Å². The monoisotopic (exact) mass is 371 g/mol. The van der Waals surface area contributed by atoms with Crippen molar-refractivity contribution in [3.8, 4) is 11.5 Å². The second-order valence-electron chi connectivity index (χ2n) is 4.56. The summed E-state index contributed by atoms with van der Waals surface area (Å²) in [6, 6.07) is 7.71. The molecule has 9 heteroatoms. The molecule has 0 spiro atoms. The molecule has 2 rings (SSSR count). The summed E-state index contributed by atoms with van der Waals surface area (Å²) in [5.74, 6) is 0.129. The molecule has 0 fully saturated rings. The quantitative estimate of drug-likeness (QED) is 0.694. The molecule has 0 unspecified atom stereocenters. The second kappa shape index (κ2) is 7.54. The number of thiophene rings is 1. The maximum Gasteiger partial charge on any atom is 0.326 e. The number of carbonyl (C=O) groups is 1. The number of benzene rings is 1. The van der Waals surface area contributed by atoms with Gasteiger partial charge in [-0.05, 0) is 23.6 Å². The SMILES string of the molecule is COC(=O)CN(c1ccc(OC)c(OC)c1)S(=O)(=O)c1cccs1. The third kappa shape index (κ3) is 3.62. The summed E-state index contributed by atoms with van der Waals surface area (Å²) >= 11 is 1.07. The number of anilines is 1. The summed E-state index contributed by atoms with van der Waals surface area (Å²) in [4.78, 5) is 11.7. The largest absolute Gasteiger partial charge is 0.493 e. The molecule has 0 atom stereocenters. The topological polar surface area (TPSA) is 82.1 Å². The molecule has 24 heavy (non-hydrogen) atoms. The van der Waals surface area contributed by atoms with Crippen LogP contribution in [0.5, 0.6) is 11.5 Å². The van der Waals surface area contributed by atoms with E-state index < -0.39 is 22.5 Å². The van der Waals surface area contributed by atoms with Crippen LogP contribution in [0, 0.1) is 0 Å². The van der Waals surface area contributed by atoms with Crippen molar-refractivity contribution in [3.05, 3.63) is 35.7 Å². The van der Waals surface area contributed by atoms with Gasteiger partial charge >= 0.3 is 5.97 Å². The lowest BCUT2D eigenvalue weighted by atomic mass is 10.2. The van der Waals surface area contributed by atoms with Crippen LogP contribution in [0.4, 0.5) is 5.69 Å². The molecule has 1 heterocycles. The molecule has 130 valence electrons. The molecule has 0 bridgehead atoms. The van der Waals surface area contributed by atoms with Gasteiger partial charge in [-0.1, -0.05) is 6.07 Å². The zero-order chi connectivity index (χ0) is 17.7. The first-order valence-corrected chi connectivity index (χ1v) is 9.11. The number of nitrogens with zero attached hydrogens (tertiary/aromatic N) is 1. The van der Waals surface area contributed by atoms with Crippen molar-refractivity contribution in [1.82, 2.24) is 0 Å². The van der Waals surface area contributed by atoms with Crippen LogP contribution in [0.25, 0.3) is 0 Å². The minimum absolute atomic E-state index is 0.126. The van der Waals surface area contributed by atoms with Gasteiger partial charge in [-0.2, -0.15) is 0 Å². The molecule has 0 amide bonds. The summed E-state index contributed by atoms with van der Waals surface area (Å²) in [6.45, 7) is -0.452. The van der Waals surface area contributed by atoms with Crippen molar-refractivity contribution in [1.29, 1.82) is 0 Å². The Kier molecular flexibility index (Phi) is 5.68. The van der Waals surface area contributed by atoms with Crippen LogP contribution in [0.1, 0.15) is 0 Å². The predicted octanol–water partition coefficient (Wildman–Crippen LogP) is 2.13. The summed E-state index contributed by atoms with van der Waals surface area (Å²) in [6.07, 6.45) is 0. The van der Waals surface area contributed by atoms with Gasteiger partial charge in [0, 0.05) is 6.07 Å². The number of esters is 1. The summed E-state index contributed by atoms with van der Waals surface area (Å²) < 4.78 is 41.8. The maximum atomic E-state index is 12.9. The highest BCUT2D eigenvalue weighted by Gasteiger charge is 2.29. The smallest absolute Gasteiger partial charge is 0.326 e. The lowest BCUT2D eigenvalue weighted by Gasteiger charge is -2.23. The standard InChI is InChI=1S/C15H17NO6S2/c1-20-12-7-6-11(9-13(12)21-2)16(10-14(17)22-3)24(18,19)15-5-4-8-23-15/h4-9H,10H2,1-3H3. The molecule has 0 radical (unpaired) electrons. The van der Waals surface area contributed by atoms with Crippen LogP contribution < -0.4 is 13.8 Å². The fourth-order valence-corrected chi connectivity index (χ4v) is 4.50. The Morgan fingerprint density at radius 2 is 1.83 bits per heavy atom. The van der Waals surface area contributed by atoms with Gasteiger partial charge in [0.1, 0.15) is 10.8 Å². The molecule has 0 saturated heterocycles. The van der Waals surface area contributed by atoms with Gasteiger partial charge in [0.2, 0.25) is 0 Å². The first-order valence-electron chi connectivity index (χ1n) is 6.79. The Balaban J connectivity index is 2.53. The predicted molar refractivity (Wildman–Crippen MR) is 90.4 cm³/mol. The van der Waals surface area contributed by atoms with Gasteiger partial charge in [0.15, 0.2) is 11.5 Å². The first-order chi connectivity index (χ1) is 11.4. The van der Waals surface area contributed by atoms with E-state index in [1.54, 1.807) is 17.5 Å². The third-order valence-corrected chi connectivity index (χ3v) is 6.34. The fourth-order valence-electron chi connectivity index (χ4n) is 2.00. The van der Waals surface area contributed by atoms with E-state index in [9.17, 15) is 13.2 Å². The summed E-state index contributed by atoms with van der Waals surface area (Å²) in [7, 11) is 0.218. The number of hydrogen-bond acceptors (Lipinski definition) is 7. The molecule has 2 aromatic rings. The van der Waals surface area contributed by atoms with E-state index in [0.29, 0.717) is 11.5 Å². The highest BCUT2D eigenvalue weighted by Crippen LogP contribution is 2.34. The van der Waals surface area contributed by atoms with E-state index in [0.717, 1.165) is 15.6 Å². The average molecular weight is 371 g/mol. The van der Waals surface area contributed by atoms with Gasteiger partial charge in [-0.25, -0.2) is 8.42 Å². The Bertz CT molecular complexity index is 801. The number of carbonyl (C=O) groups excluding carboxylic acids is 1. The van der Waals surface area contributed by atoms with Crippen LogP contribution >= 0.6 is 11.3 Å². The number of rotatable bonds is 7. The number of methoxy groups -OCH3 is 3. The Morgan fingerprint density at radius 1 is 1.12 bits per heavy atom. The van der Waals surface area contributed by atoms with E-state index in [2.05, 4.69) is 4.74 Å². The van der Waals surface area contributed by atoms with Crippen molar-refractivity contribution in [2.45, 2.75) is 4.21 Å². The number of hydrogen-bond donors (Lipinski definition) is 0. The Hall–Kier alpha value is -2.26. The normalized spacial score (nSPS) is 11.0. The minimum Gasteiger partial charge on any atom is -0.493 e. The van der Waals surface area contributed by atoms with Crippen LogP contribution in [-0.2, 0) is 19.6 Å². The molecule has 0 aliphatic rings. The fraction of sp³-hybridized carbons (Fsp3) is 0.267. The van der Waals surface area contributed by atoms with Gasteiger partial charge in [-0.3, -0.25) is 9.10 Å². The van der Waals surface area contributed by atoms with Crippen molar-refractivity contribution >= 4 is 33.0 Å². The van der Waals surface area contributed by atoms with Crippen molar-refractivity contribution in [2.75, 3.05) is 32.2 Å². The summed E-state index contributed by atoms with van der Waals surface area (Å²) in [5.41, 5.74) is 0.270. The van der Waals surface area contributed by atoms with E-state index in [-0.39, 0.29) is 9.90 Å². The Morgan fingerprint density at radius 3 is 2.38 bits per heavy atom. The van der Waals surface area contributed by atoms with Gasteiger partial charge in [0.25, 0.3) is 10.0 Å². The van der Waals surface area contributed by atoms with Crippen molar-refractivity contribution in [2.24, 2.45) is 0 Å². The number of sulfonamides is 1. The molecular weight excluding hydrogens is 354 g/mol. The highest BCUT2D eigenvalue weighted by molar-refractivity contribution is 7.94. The third-order valence-electron chi connectivity index (χ3n) is 3.19. The van der Waals surface area contributed by atoms with Crippen molar-refractivity contribution < 1.29 is 27.4 Å². The van der Waals surface area contributed by atoms with Crippen molar-refractivity contribution in [3.63, 3.8) is 0 Å².